The van der Waals surface area contributed by atoms with E-state index in [-0.39, 0.29) is 11.9 Å². The van der Waals surface area contributed by atoms with E-state index < -0.39 is 0 Å². The zero-order valence-corrected chi connectivity index (χ0v) is 13.6. The average molecular weight is 312 g/mol. The van der Waals surface area contributed by atoms with Crippen molar-refractivity contribution in [2.45, 2.75) is 30.8 Å². The van der Waals surface area contributed by atoms with E-state index in [0.717, 1.165) is 35.7 Å². The molecule has 1 fully saturated rings. The molecular formula is C18H20N2OS. The van der Waals surface area contributed by atoms with Gasteiger partial charge in [0.05, 0.1) is 6.04 Å². The molecule has 1 atom stereocenters. The molecule has 0 N–H and O–H groups in total. The zero-order valence-electron chi connectivity index (χ0n) is 12.7. The Kier molecular flexibility index (Phi) is 4.78. The summed E-state index contributed by atoms with van der Waals surface area (Å²) in [5.41, 5.74) is 1.96. The third-order valence-corrected chi connectivity index (χ3v) is 4.88. The maximum Gasteiger partial charge on any atom is 0.254 e. The van der Waals surface area contributed by atoms with Crippen molar-refractivity contribution in [2.75, 3.05) is 12.3 Å². The molecule has 2 heterocycles. The number of nitrogens with zero attached hydrogens (tertiary/aromatic N) is 2. The van der Waals surface area contributed by atoms with Crippen molar-refractivity contribution >= 4 is 17.7 Å². The van der Waals surface area contributed by atoms with E-state index in [0.29, 0.717) is 0 Å². The van der Waals surface area contributed by atoms with Gasteiger partial charge < -0.3 is 4.90 Å². The fraction of sp³-hybridized carbons (Fsp3) is 0.333. The van der Waals surface area contributed by atoms with Crippen molar-refractivity contribution in [1.82, 2.24) is 9.88 Å². The van der Waals surface area contributed by atoms with Gasteiger partial charge in [-0.05, 0) is 36.8 Å². The fourth-order valence-corrected chi connectivity index (χ4v) is 3.77. The molecule has 22 heavy (non-hydrogen) atoms. The Morgan fingerprint density at radius 1 is 1.27 bits per heavy atom. The van der Waals surface area contributed by atoms with Gasteiger partial charge in [0.25, 0.3) is 5.91 Å². The van der Waals surface area contributed by atoms with Gasteiger partial charge in [-0.3, -0.25) is 4.79 Å². The number of hydrogen-bond acceptors (Lipinski definition) is 3. The van der Waals surface area contributed by atoms with Gasteiger partial charge in [-0.1, -0.05) is 31.2 Å². The summed E-state index contributed by atoms with van der Waals surface area (Å²) in [6, 6.07) is 13.8. The molecule has 0 saturated carbocycles. The number of benzene rings is 1. The minimum atomic E-state index is 0.124. The third kappa shape index (κ3) is 3.02. The fourth-order valence-electron chi connectivity index (χ4n) is 2.99. The minimum Gasteiger partial charge on any atom is -0.332 e. The van der Waals surface area contributed by atoms with Crippen LogP contribution in [-0.2, 0) is 0 Å². The Morgan fingerprint density at radius 2 is 2.09 bits per heavy atom. The van der Waals surface area contributed by atoms with Gasteiger partial charge in [0.1, 0.15) is 5.03 Å². The van der Waals surface area contributed by atoms with Crippen LogP contribution in [0.15, 0.2) is 53.7 Å². The topological polar surface area (TPSA) is 33.2 Å². The lowest BCUT2D eigenvalue weighted by molar-refractivity contribution is 0.0733. The quantitative estimate of drug-likeness (QED) is 0.794. The summed E-state index contributed by atoms with van der Waals surface area (Å²) in [6.45, 7) is 2.95. The molecule has 1 aliphatic rings. The third-order valence-electron chi connectivity index (χ3n) is 3.98. The lowest BCUT2D eigenvalue weighted by atomic mass is 10.1. The maximum atomic E-state index is 12.8. The highest BCUT2D eigenvalue weighted by atomic mass is 32.2. The molecule has 0 spiro atoms. The van der Waals surface area contributed by atoms with Crippen LogP contribution in [0.5, 0.6) is 0 Å². The number of likely N-dealkylation sites (tertiary alicyclic amines) is 1. The second kappa shape index (κ2) is 6.97. The summed E-state index contributed by atoms with van der Waals surface area (Å²) in [5.74, 6) is 1.11. The number of pyridine rings is 1. The summed E-state index contributed by atoms with van der Waals surface area (Å²) in [6.07, 6.45) is 3.90. The summed E-state index contributed by atoms with van der Waals surface area (Å²) in [4.78, 5) is 19.3. The number of hydrogen-bond donors (Lipinski definition) is 0. The van der Waals surface area contributed by atoms with Gasteiger partial charge in [-0.15, -0.1) is 11.8 Å². The van der Waals surface area contributed by atoms with Crippen molar-refractivity contribution in [1.29, 1.82) is 0 Å². The van der Waals surface area contributed by atoms with E-state index in [1.165, 1.54) is 5.56 Å². The number of thioether (sulfide) groups is 1. The normalized spacial score (nSPS) is 17.7. The van der Waals surface area contributed by atoms with Crippen molar-refractivity contribution < 1.29 is 4.79 Å². The second-order valence-corrected chi connectivity index (χ2v) is 6.61. The minimum absolute atomic E-state index is 0.124. The summed E-state index contributed by atoms with van der Waals surface area (Å²) < 4.78 is 0. The Bertz CT molecular complexity index is 645. The van der Waals surface area contributed by atoms with Gasteiger partial charge >= 0.3 is 0 Å². The standard InChI is InChI=1S/C18H20N2OS/c1-2-22-17-15(10-6-12-19-17)16-11-7-13-20(16)18(21)14-8-4-3-5-9-14/h3-6,8-10,12,16H,2,7,11,13H2,1H3/t16-/m0/s1. The van der Waals surface area contributed by atoms with Gasteiger partial charge in [0, 0.05) is 23.9 Å². The maximum absolute atomic E-state index is 12.8. The Hall–Kier alpha value is -1.81. The molecule has 0 unspecified atom stereocenters. The Balaban J connectivity index is 1.89. The zero-order chi connectivity index (χ0) is 15.4. The van der Waals surface area contributed by atoms with Crippen LogP contribution in [0.2, 0.25) is 0 Å². The van der Waals surface area contributed by atoms with E-state index in [9.17, 15) is 4.79 Å². The molecule has 0 aliphatic carbocycles. The van der Waals surface area contributed by atoms with Gasteiger partial charge in [0.2, 0.25) is 0 Å². The van der Waals surface area contributed by atoms with E-state index in [1.807, 2.05) is 47.5 Å². The van der Waals surface area contributed by atoms with Crippen molar-refractivity contribution in [3.63, 3.8) is 0 Å². The largest absolute Gasteiger partial charge is 0.332 e. The number of carbonyl (C=O) groups is 1. The molecule has 0 bridgehead atoms. The van der Waals surface area contributed by atoms with Gasteiger partial charge in [-0.2, -0.15) is 0 Å². The lowest BCUT2D eigenvalue weighted by Gasteiger charge is -2.26. The molecule has 3 rings (SSSR count). The first kappa shape index (κ1) is 15.1. The van der Waals surface area contributed by atoms with Gasteiger partial charge in [0.15, 0.2) is 0 Å². The first-order valence-corrected chi connectivity index (χ1v) is 8.73. The lowest BCUT2D eigenvalue weighted by Crippen LogP contribution is -2.30. The number of carbonyl (C=O) groups excluding carboxylic acids is 1. The molecule has 1 aliphatic heterocycles. The van der Waals surface area contributed by atoms with Crippen molar-refractivity contribution in [3.05, 3.63) is 59.8 Å². The highest BCUT2D eigenvalue weighted by Crippen LogP contribution is 2.37. The van der Waals surface area contributed by atoms with E-state index in [4.69, 9.17) is 0 Å². The first-order chi connectivity index (χ1) is 10.8. The first-order valence-electron chi connectivity index (χ1n) is 7.75. The highest BCUT2D eigenvalue weighted by molar-refractivity contribution is 7.99. The number of amides is 1. The molecule has 0 radical (unpaired) electrons. The van der Waals surface area contributed by atoms with Crippen LogP contribution >= 0.6 is 11.8 Å². The SMILES string of the molecule is CCSc1ncccc1[C@@H]1CCCN1C(=O)c1ccccc1. The summed E-state index contributed by atoms with van der Waals surface area (Å²) in [7, 11) is 0. The van der Waals surface area contributed by atoms with E-state index >= 15 is 0 Å². The van der Waals surface area contributed by atoms with Crippen LogP contribution in [0.3, 0.4) is 0 Å². The smallest absolute Gasteiger partial charge is 0.254 e. The molecule has 3 nitrogen and oxygen atoms in total. The second-order valence-electron chi connectivity index (χ2n) is 5.35. The summed E-state index contributed by atoms with van der Waals surface area (Å²) >= 11 is 1.75. The molecule has 1 aromatic carbocycles. The highest BCUT2D eigenvalue weighted by Gasteiger charge is 2.32. The van der Waals surface area contributed by atoms with Crippen molar-refractivity contribution in [3.8, 4) is 0 Å². The van der Waals surface area contributed by atoms with E-state index in [2.05, 4.69) is 18.0 Å². The molecule has 1 amide bonds. The van der Waals surface area contributed by atoms with Gasteiger partial charge in [-0.25, -0.2) is 4.98 Å². The molecular weight excluding hydrogens is 292 g/mol. The van der Waals surface area contributed by atoms with Crippen LogP contribution < -0.4 is 0 Å². The van der Waals surface area contributed by atoms with Crippen LogP contribution in [0.4, 0.5) is 0 Å². The number of rotatable bonds is 4. The van der Waals surface area contributed by atoms with Crippen LogP contribution in [-0.4, -0.2) is 28.1 Å². The molecule has 114 valence electrons. The average Bonchev–Trinajstić information content (AvgIpc) is 3.05. The monoisotopic (exact) mass is 312 g/mol. The molecule has 4 heteroatoms. The van der Waals surface area contributed by atoms with E-state index in [1.54, 1.807) is 11.8 Å². The predicted octanol–water partition coefficient (Wildman–Crippen LogP) is 4.17. The van der Waals surface area contributed by atoms with Crippen LogP contribution in [0.1, 0.15) is 41.7 Å². The molecule has 1 saturated heterocycles. The van der Waals surface area contributed by atoms with Crippen molar-refractivity contribution in [2.24, 2.45) is 0 Å². The predicted molar refractivity (Wildman–Crippen MR) is 90.1 cm³/mol. The van der Waals surface area contributed by atoms with Crippen LogP contribution in [0.25, 0.3) is 0 Å². The number of aromatic nitrogens is 1. The molecule has 2 aromatic rings. The Labute approximate surface area is 135 Å². The summed E-state index contributed by atoms with van der Waals surface area (Å²) in [5, 5.41) is 1.06. The molecule has 1 aromatic heterocycles. The Morgan fingerprint density at radius 3 is 2.86 bits per heavy atom. The van der Waals surface area contributed by atoms with Crippen LogP contribution in [0, 0.1) is 0 Å².